The van der Waals surface area contributed by atoms with E-state index in [4.69, 9.17) is 19.5 Å². The number of rotatable bonds is 4. The number of nitriles is 1. The molecule has 27 heavy (non-hydrogen) atoms. The van der Waals surface area contributed by atoms with Crippen molar-refractivity contribution >= 4 is 16.8 Å². The van der Waals surface area contributed by atoms with E-state index in [-0.39, 0.29) is 5.75 Å². The van der Waals surface area contributed by atoms with Crippen LogP contribution in [0.1, 0.15) is 46.3 Å². The molecule has 1 amide bonds. The van der Waals surface area contributed by atoms with E-state index < -0.39 is 46.9 Å². The zero-order valence-corrected chi connectivity index (χ0v) is 17.1. The molecule has 1 aromatic carbocycles. The maximum Gasteiger partial charge on any atom is 0.413 e. The second-order valence-electron chi connectivity index (χ2n) is 7.82. The summed E-state index contributed by atoms with van der Waals surface area (Å²) in [6.07, 6.45) is -1.26. The number of carbonyl (C=O) groups is 1. The summed E-state index contributed by atoms with van der Waals surface area (Å²) in [4.78, 5) is 14.7. The van der Waals surface area contributed by atoms with Crippen LogP contribution in [0, 0.1) is 16.1 Å². The molecule has 1 aromatic rings. The minimum atomic E-state index is -1.02. The largest absolute Gasteiger partial charge is 0.444 e. The van der Waals surface area contributed by atoms with Gasteiger partial charge in [0.15, 0.2) is 0 Å². The maximum atomic E-state index is 13.9. The first-order chi connectivity index (χ1) is 12.5. The van der Waals surface area contributed by atoms with Crippen LogP contribution < -0.4 is 0 Å². The van der Waals surface area contributed by atoms with E-state index in [0.717, 1.165) is 10.5 Å². The van der Waals surface area contributed by atoms with E-state index in [1.807, 2.05) is 6.07 Å². The van der Waals surface area contributed by atoms with Gasteiger partial charge in [-0.3, -0.25) is 9.68 Å². The Balaban J connectivity index is 2.29. The molecular weight excluding hydrogens is 369 g/mol. The summed E-state index contributed by atoms with van der Waals surface area (Å²) >= 11 is 0. The molecule has 0 radical (unpaired) electrons. The van der Waals surface area contributed by atoms with Crippen molar-refractivity contribution in [2.75, 3.05) is 12.4 Å². The average Bonchev–Trinajstić information content (AvgIpc) is 2.84. The Morgan fingerprint density at radius 3 is 2.48 bits per heavy atom. The van der Waals surface area contributed by atoms with Crippen molar-refractivity contribution in [1.82, 2.24) is 4.90 Å². The van der Waals surface area contributed by atoms with Crippen molar-refractivity contribution in [3.05, 3.63) is 29.8 Å². The molecule has 148 valence electrons. The van der Waals surface area contributed by atoms with Crippen molar-refractivity contribution in [2.24, 2.45) is 0 Å². The Morgan fingerprint density at radius 1 is 1.41 bits per heavy atom. The molecule has 0 aromatic heterocycles. The number of benzene rings is 1. The number of nitrogens with one attached hydrogen (secondary N) is 1. The predicted octanol–water partition coefficient (Wildman–Crippen LogP) is 4.33. The zero-order valence-electron chi connectivity index (χ0n) is 16.3. The van der Waals surface area contributed by atoms with Crippen LogP contribution in [-0.4, -0.2) is 40.8 Å². The highest BCUT2D eigenvalue weighted by Crippen LogP contribution is 2.42. The zero-order chi connectivity index (χ0) is 20.4. The normalized spacial score (nSPS) is 22.9. The Labute approximate surface area is 162 Å². The van der Waals surface area contributed by atoms with Crippen molar-refractivity contribution in [3.8, 4) is 6.07 Å². The molecule has 1 saturated heterocycles. The number of hydrogen-bond acceptors (Lipinski definition) is 5. The van der Waals surface area contributed by atoms with Crippen molar-refractivity contribution in [2.45, 2.75) is 63.0 Å². The first-order valence-corrected chi connectivity index (χ1v) is 10.0. The summed E-state index contributed by atoms with van der Waals surface area (Å²) in [6, 6.07) is 8.22. The highest BCUT2D eigenvalue weighted by atomic mass is 32.2. The fraction of sp³-hybridized carbons (Fsp3) is 0.579. The summed E-state index contributed by atoms with van der Waals surface area (Å²) in [5, 5.41) is 8.74. The lowest BCUT2D eigenvalue weighted by atomic mass is 10.0. The van der Waals surface area contributed by atoms with Gasteiger partial charge in [-0.05, 0) is 52.3 Å². The topological polar surface area (TPSA) is 86.4 Å². The van der Waals surface area contributed by atoms with Crippen LogP contribution in [0.2, 0.25) is 0 Å². The minimum absolute atomic E-state index is 0.131. The quantitative estimate of drug-likeness (QED) is 0.822. The van der Waals surface area contributed by atoms with Crippen molar-refractivity contribution in [1.29, 1.82) is 10.0 Å². The smallest absolute Gasteiger partial charge is 0.413 e. The third-order valence-corrected chi connectivity index (χ3v) is 5.39. The second kappa shape index (κ2) is 7.95. The first kappa shape index (κ1) is 21.3. The van der Waals surface area contributed by atoms with Crippen LogP contribution in [0.3, 0.4) is 0 Å². The Morgan fingerprint density at radius 2 is 2.00 bits per heavy atom. The monoisotopic (exact) mass is 395 g/mol. The van der Waals surface area contributed by atoms with Gasteiger partial charge in [-0.2, -0.15) is 5.26 Å². The van der Waals surface area contributed by atoms with E-state index in [1.165, 1.54) is 4.90 Å². The third kappa shape index (κ3) is 4.85. The molecule has 1 N–H and O–H groups in total. The minimum Gasteiger partial charge on any atom is -0.444 e. The maximum absolute atomic E-state index is 13.9. The highest BCUT2D eigenvalue weighted by Gasteiger charge is 2.51. The lowest BCUT2D eigenvalue weighted by Gasteiger charge is -2.34. The molecule has 1 aliphatic heterocycles. The SMILES string of the molecule is CC(C)(C)OC(=O)N1[C@H](CF)[C@@H](c2ccc(S(=N)CC#N)cc2)OC1(C)C. The highest BCUT2D eigenvalue weighted by molar-refractivity contribution is 7.86. The Kier molecular flexibility index (Phi) is 6.28. The molecule has 0 aliphatic carbocycles. The fourth-order valence-electron chi connectivity index (χ4n) is 3.06. The number of nitrogens with zero attached hydrogens (tertiary/aromatic N) is 2. The van der Waals surface area contributed by atoms with Gasteiger partial charge in [0, 0.05) is 4.90 Å². The van der Waals surface area contributed by atoms with Crippen LogP contribution in [0.15, 0.2) is 29.2 Å². The molecule has 0 spiro atoms. The summed E-state index contributed by atoms with van der Waals surface area (Å²) in [5.74, 6) is 0.131. The van der Waals surface area contributed by atoms with Crippen molar-refractivity contribution in [3.63, 3.8) is 0 Å². The average molecular weight is 396 g/mol. The number of halogens is 1. The molecule has 8 heteroatoms. The summed E-state index contributed by atoms with van der Waals surface area (Å²) < 4.78 is 33.3. The van der Waals surface area contributed by atoms with Crippen LogP contribution in [-0.2, 0) is 20.2 Å². The van der Waals surface area contributed by atoms with E-state index in [0.29, 0.717) is 0 Å². The van der Waals surface area contributed by atoms with Gasteiger partial charge in [0.1, 0.15) is 24.1 Å². The first-order valence-electron chi connectivity index (χ1n) is 8.65. The Hall–Kier alpha value is -1.98. The summed E-state index contributed by atoms with van der Waals surface area (Å²) in [5.41, 5.74) is -1.00. The predicted molar refractivity (Wildman–Crippen MR) is 101 cm³/mol. The standard InChI is InChI=1S/C19H26FN3O3S/c1-18(2,3)26-17(24)23-15(12-20)16(25-19(23,4)5)13-6-8-14(9-7-13)27(22)11-10-21/h6-9,15-16,22H,11-12H2,1-5H3/t15-,16-,27?/m1/s1. The molecule has 0 bridgehead atoms. The van der Waals surface area contributed by atoms with Gasteiger partial charge < -0.3 is 9.47 Å². The molecule has 1 fully saturated rings. The molecule has 1 aliphatic rings. The second-order valence-corrected chi connectivity index (χ2v) is 9.36. The van der Waals surface area contributed by atoms with Gasteiger partial charge in [0.2, 0.25) is 0 Å². The van der Waals surface area contributed by atoms with Crippen LogP contribution in [0.5, 0.6) is 0 Å². The molecule has 3 atom stereocenters. The summed E-state index contributed by atoms with van der Waals surface area (Å²) in [7, 11) is -0.905. The van der Waals surface area contributed by atoms with Crippen LogP contribution in [0.4, 0.5) is 9.18 Å². The lowest BCUT2D eigenvalue weighted by Crippen LogP contribution is -2.50. The van der Waals surface area contributed by atoms with E-state index in [9.17, 15) is 9.18 Å². The van der Waals surface area contributed by atoms with Gasteiger partial charge in [-0.15, -0.1) is 0 Å². The van der Waals surface area contributed by atoms with Gasteiger partial charge in [-0.1, -0.05) is 22.8 Å². The molecular formula is C19H26FN3O3S. The molecule has 2 rings (SSSR count). The van der Waals surface area contributed by atoms with Crippen LogP contribution in [0.25, 0.3) is 0 Å². The number of alkyl halides is 1. The van der Waals surface area contributed by atoms with E-state index in [1.54, 1.807) is 58.9 Å². The van der Waals surface area contributed by atoms with Crippen molar-refractivity contribution < 1.29 is 18.7 Å². The number of amides is 1. The lowest BCUT2D eigenvalue weighted by molar-refractivity contribution is -0.0797. The molecule has 1 unspecified atom stereocenters. The van der Waals surface area contributed by atoms with Crippen LogP contribution >= 0.6 is 0 Å². The van der Waals surface area contributed by atoms with E-state index in [2.05, 4.69) is 0 Å². The number of hydrogen-bond donors (Lipinski definition) is 1. The third-order valence-electron chi connectivity index (χ3n) is 4.13. The number of ether oxygens (including phenoxy) is 2. The van der Waals surface area contributed by atoms with Gasteiger partial charge >= 0.3 is 6.09 Å². The van der Waals surface area contributed by atoms with E-state index >= 15 is 0 Å². The van der Waals surface area contributed by atoms with Gasteiger partial charge in [-0.25, -0.2) is 9.18 Å². The summed E-state index contributed by atoms with van der Waals surface area (Å²) in [6.45, 7) is 7.93. The molecule has 1 heterocycles. The molecule has 6 nitrogen and oxygen atoms in total. The van der Waals surface area contributed by atoms with Gasteiger partial charge in [0.05, 0.1) is 17.9 Å². The number of carbonyl (C=O) groups excluding carboxylic acids is 1. The molecule has 0 saturated carbocycles. The Bertz CT molecular complexity index is 753. The fourth-order valence-corrected chi connectivity index (χ4v) is 3.82. The van der Waals surface area contributed by atoms with Gasteiger partial charge in [0.25, 0.3) is 0 Å².